The fourth-order valence-corrected chi connectivity index (χ4v) is 4.09. The topological polar surface area (TPSA) is 149 Å². The molecule has 0 radical (unpaired) electrons. The van der Waals surface area contributed by atoms with Crippen molar-refractivity contribution in [3.05, 3.63) is 96.1 Å². The molecule has 3 rings (SSSR count). The molecule has 2 aromatic heterocycles. The number of aromatic nitrogens is 2. The molecule has 0 aliphatic rings. The highest BCUT2D eigenvalue weighted by atomic mass is 16.5. The molecule has 0 bridgehead atoms. The summed E-state index contributed by atoms with van der Waals surface area (Å²) in [7, 11) is 1.21. The monoisotopic (exact) mass is 561 g/mol. The molecule has 41 heavy (non-hydrogen) atoms. The van der Waals surface area contributed by atoms with Crippen LogP contribution >= 0.6 is 0 Å². The number of hydrogen-bond acceptors (Lipinski definition) is 8. The van der Waals surface area contributed by atoms with Gasteiger partial charge in [0, 0.05) is 12.4 Å². The van der Waals surface area contributed by atoms with Crippen LogP contribution in [0.2, 0.25) is 0 Å². The van der Waals surface area contributed by atoms with Crippen molar-refractivity contribution in [3.63, 3.8) is 0 Å². The summed E-state index contributed by atoms with van der Waals surface area (Å²) in [6, 6.07) is 17.8. The second-order valence-electron chi connectivity index (χ2n) is 10.2. The molecular weight excluding hydrogens is 526 g/mol. The lowest BCUT2D eigenvalue weighted by molar-refractivity contribution is -0.150. The van der Waals surface area contributed by atoms with E-state index in [4.69, 9.17) is 9.47 Å². The predicted octanol–water partition coefficient (Wildman–Crippen LogP) is 2.86. The van der Waals surface area contributed by atoms with Crippen LogP contribution in [0.4, 0.5) is 4.79 Å². The number of amides is 3. The fourth-order valence-electron chi connectivity index (χ4n) is 4.09. The van der Waals surface area contributed by atoms with Gasteiger partial charge in [-0.1, -0.05) is 56.3 Å². The number of rotatable bonds is 11. The number of alkyl carbamates (subject to hydrolysis) is 1. The van der Waals surface area contributed by atoms with E-state index < -0.39 is 46.9 Å². The lowest BCUT2D eigenvalue weighted by Crippen LogP contribution is -2.65. The zero-order valence-electron chi connectivity index (χ0n) is 23.7. The van der Waals surface area contributed by atoms with Crippen LogP contribution in [0, 0.1) is 5.92 Å². The van der Waals surface area contributed by atoms with Crippen LogP contribution in [0.25, 0.3) is 0 Å². The van der Waals surface area contributed by atoms with Crippen molar-refractivity contribution in [1.82, 2.24) is 25.9 Å². The van der Waals surface area contributed by atoms with Crippen molar-refractivity contribution >= 4 is 23.9 Å². The number of nitrogens with one attached hydrogen (secondary N) is 3. The summed E-state index contributed by atoms with van der Waals surface area (Å²) < 4.78 is 10.2. The molecular formula is C30H35N5O6. The first kappa shape index (κ1) is 30.7. The van der Waals surface area contributed by atoms with Gasteiger partial charge in [-0.3, -0.25) is 19.6 Å². The molecule has 11 nitrogen and oxygen atoms in total. The molecule has 11 heteroatoms. The van der Waals surface area contributed by atoms with E-state index in [1.807, 2.05) is 30.3 Å². The normalized spacial score (nSPS) is 12.1. The molecule has 0 saturated heterocycles. The van der Waals surface area contributed by atoms with Gasteiger partial charge in [-0.25, -0.2) is 9.59 Å². The van der Waals surface area contributed by atoms with E-state index in [2.05, 4.69) is 25.9 Å². The van der Waals surface area contributed by atoms with E-state index in [1.54, 1.807) is 50.2 Å². The van der Waals surface area contributed by atoms with E-state index >= 15 is 0 Å². The maximum absolute atomic E-state index is 14.2. The quantitative estimate of drug-likeness (QED) is 0.303. The highest BCUT2D eigenvalue weighted by molar-refractivity contribution is 5.99. The van der Waals surface area contributed by atoms with Gasteiger partial charge in [0.25, 0.3) is 5.91 Å². The minimum atomic E-state index is -1.99. The lowest BCUT2D eigenvalue weighted by atomic mass is 9.86. The van der Waals surface area contributed by atoms with Gasteiger partial charge in [0.2, 0.25) is 11.4 Å². The summed E-state index contributed by atoms with van der Waals surface area (Å²) in [6.45, 7) is 6.44. The van der Waals surface area contributed by atoms with Crippen molar-refractivity contribution in [2.75, 3.05) is 7.11 Å². The zero-order valence-corrected chi connectivity index (χ0v) is 23.7. The van der Waals surface area contributed by atoms with Crippen molar-refractivity contribution in [2.24, 2.45) is 5.92 Å². The fraction of sp³-hybridized carbons (Fsp3) is 0.333. The van der Waals surface area contributed by atoms with E-state index in [0.717, 1.165) is 5.56 Å². The first-order valence-electron chi connectivity index (χ1n) is 13.0. The Hall–Kier alpha value is -4.80. The van der Waals surface area contributed by atoms with Gasteiger partial charge in [0.15, 0.2) is 0 Å². The van der Waals surface area contributed by atoms with Crippen molar-refractivity contribution in [1.29, 1.82) is 0 Å². The molecule has 3 N–H and O–H groups in total. The average Bonchev–Trinajstić information content (AvgIpc) is 2.98. The minimum absolute atomic E-state index is 0.00985. The molecule has 3 aromatic rings. The second-order valence-corrected chi connectivity index (χ2v) is 10.2. The van der Waals surface area contributed by atoms with Crippen LogP contribution in [-0.2, 0) is 36.0 Å². The maximum atomic E-state index is 14.2. The van der Waals surface area contributed by atoms with Gasteiger partial charge in [0.05, 0.1) is 18.5 Å². The van der Waals surface area contributed by atoms with Gasteiger partial charge in [-0.15, -0.1) is 0 Å². The Morgan fingerprint density at radius 2 is 1.39 bits per heavy atom. The third-order valence-corrected chi connectivity index (χ3v) is 6.31. The van der Waals surface area contributed by atoms with Crippen LogP contribution in [0.15, 0.2) is 79.1 Å². The Morgan fingerprint density at radius 3 is 1.88 bits per heavy atom. The first-order valence-corrected chi connectivity index (χ1v) is 13.0. The predicted molar refractivity (Wildman–Crippen MR) is 150 cm³/mol. The first-order chi connectivity index (χ1) is 19.5. The Morgan fingerprint density at radius 1 is 0.829 bits per heavy atom. The van der Waals surface area contributed by atoms with Crippen LogP contribution in [0.1, 0.15) is 44.6 Å². The molecule has 2 heterocycles. The standard InChI is InChI=1S/C30H35N5O6/c1-20(2)24(33-28(39)41-19-21-13-7-6-8-14-21)25(36)34-30(22-15-9-11-17-31-22,23-16-10-12-18-32-23)26(37)35-29(3,4)27(38)40-5/h6-18,20,24H,19H2,1-5H3,(H,33,39)(H,34,36)(H,35,37)/t24-/m0/s1. The minimum Gasteiger partial charge on any atom is -0.467 e. The molecule has 0 saturated carbocycles. The highest BCUT2D eigenvalue weighted by Crippen LogP contribution is 2.29. The summed E-state index contributed by atoms with van der Waals surface area (Å²) in [5.41, 5.74) is -2.41. The molecule has 0 unspecified atom stereocenters. The molecule has 0 aliphatic carbocycles. The number of benzene rings is 1. The van der Waals surface area contributed by atoms with Crippen LogP contribution in [0.3, 0.4) is 0 Å². The van der Waals surface area contributed by atoms with E-state index in [-0.39, 0.29) is 18.0 Å². The van der Waals surface area contributed by atoms with Crippen molar-refractivity contribution in [2.45, 2.75) is 51.4 Å². The van der Waals surface area contributed by atoms with Crippen molar-refractivity contribution in [3.8, 4) is 0 Å². The summed E-state index contributed by atoms with van der Waals surface area (Å²) in [5.74, 6) is -2.58. The summed E-state index contributed by atoms with van der Waals surface area (Å²) >= 11 is 0. The average molecular weight is 562 g/mol. The number of carbonyl (C=O) groups is 4. The van der Waals surface area contributed by atoms with Crippen molar-refractivity contribution < 1.29 is 28.7 Å². The number of carbonyl (C=O) groups excluding carboxylic acids is 4. The molecule has 0 aliphatic heterocycles. The van der Waals surface area contributed by atoms with Gasteiger partial charge in [-0.05, 0) is 49.6 Å². The van der Waals surface area contributed by atoms with Gasteiger partial charge < -0.3 is 25.4 Å². The maximum Gasteiger partial charge on any atom is 0.408 e. The largest absolute Gasteiger partial charge is 0.467 e. The zero-order chi connectivity index (χ0) is 30.0. The second kappa shape index (κ2) is 13.5. The summed E-state index contributed by atoms with van der Waals surface area (Å²) in [5, 5.41) is 8.09. The van der Waals surface area contributed by atoms with E-state index in [1.165, 1.54) is 33.4 Å². The number of ether oxygens (including phenoxy) is 2. The van der Waals surface area contributed by atoms with E-state index in [0.29, 0.717) is 0 Å². The summed E-state index contributed by atoms with van der Waals surface area (Å²) in [6.07, 6.45) is 2.13. The van der Waals surface area contributed by atoms with Gasteiger partial charge >= 0.3 is 12.1 Å². The smallest absolute Gasteiger partial charge is 0.408 e. The molecule has 216 valence electrons. The summed E-state index contributed by atoms with van der Waals surface area (Å²) in [4.78, 5) is 62.0. The van der Waals surface area contributed by atoms with Crippen LogP contribution < -0.4 is 16.0 Å². The third kappa shape index (κ3) is 7.44. The molecule has 1 aromatic carbocycles. The number of pyridine rings is 2. The Labute approximate surface area is 239 Å². The highest BCUT2D eigenvalue weighted by Gasteiger charge is 2.50. The van der Waals surface area contributed by atoms with Gasteiger partial charge in [-0.2, -0.15) is 0 Å². The van der Waals surface area contributed by atoms with Gasteiger partial charge in [0.1, 0.15) is 18.2 Å². The van der Waals surface area contributed by atoms with Crippen LogP contribution in [0.5, 0.6) is 0 Å². The third-order valence-electron chi connectivity index (χ3n) is 6.31. The molecule has 0 fully saturated rings. The molecule has 0 spiro atoms. The Balaban J connectivity index is 2.00. The lowest BCUT2D eigenvalue weighted by Gasteiger charge is -2.36. The number of esters is 1. The molecule has 1 atom stereocenters. The van der Waals surface area contributed by atoms with Crippen LogP contribution in [-0.4, -0.2) is 52.5 Å². The number of methoxy groups -OCH3 is 1. The number of hydrogen-bond donors (Lipinski definition) is 3. The van der Waals surface area contributed by atoms with E-state index in [9.17, 15) is 19.2 Å². The number of nitrogens with zero attached hydrogens (tertiary/aromatic N) is 2. The SMILES string of the molecule is COC(=O)C(C)(C)NC(=O)C(NC(=O)[C@@H](NC(=O)OCc1ccccc1)C(C)C)(c1ccccn1)c1ccccn1. The Bertz CT molecular complexity index is 1290. The molecule has 3 amide bonds. The Kier molecular flexibility index (Phi) is 10.1.